The second-order valence-corrected chi connectivity index (χ2v) is 6.77. The Bertz CT molecular complexity index is 1140. The molecule has 1 aromatic heterocycles. The molecule has 28 heavy (non-hydrogen) atoms. The molecular formula is C23H21NO4. The van der Waals surface area contributed by atoms with Crippen LogP contribution in [0.4, 0.5) is 0 Å². The number of fused-ring (bicyclic) bond motifs is 2. The van der Waals surface area contributed by atoms with Gasteiger partial charge in [0.15, 0.2) is 5.76 Å². The number of aromatic nitrogens is 1. The van der Waals surface area contributed by atoms with Gasteiger partial charge in [0.2, 0.25) is 5.78 Å². The number of allylic oxidation sites excluding steroid dienone is 1. The summed E-state index contributed by atoms with van der Waals surface area (Å²) >= 11 is 0. The SMILES string of the molecule is CCC(=O)Oc1cc(C)c2c(c1)O/C(=C\c1cn(CC)c3ccccc13)C2=O. The van der Waals surface area contributed by atoms with Gasteiger partial charge in [0.25, 0.3) is 0 Å². The normalized spacial score (nSPS) is 14.4. The first-order chi connectivity index (χ1) is 13.5. The van der Waals surface area contributed by atoms with Crippen molar-refractivity contribution in [1.82, 2.24) is 4.57 Å². The number of ketones is 1. The van der Waals surface area contributed by atoms with Crippen molar-refractivity contribution in [3.63, 3.8) is 0 Å². The molecule has 0 saturated heterocycles. The van der Waals surface area contributed by atoms with Gasteiger partial charge in [0.05, 0.1) is 5.56 Å². The van der Waals surface area contributed by atoms with Crippen LogP contribution in [0.1, 0.15) is 41.8 Å². The number of nitrogens with zero attached hydrogens (tertiary/aromatic N) is 1. The molecule has 0 radical (unpaired) electrons. The lowest BCUT2D eigenvalue weighted by molar-refractivity contribution is -0.134. The van der Waals surface area contributed by atoms with Crippen molar-refractivity contribution in [3.8, 4) is 11.5 Å². The summed E-state index contributed by atoms with van der Waals surface area (Å²) in [5.41, 5.74) is 3.29. The van der Waals surface area contributed by atoms with Crippen molar-refractivity contribution in [2.24, 2.45) is 0 Å². The minimum Gasteiger partial charge on any atom is -0.452 e. The molecule has 3 aromatic rings. The van der Waals surface area contributed by atoms with Gasteiger partial charge in [-0.2, -0.15) is 0 Å². The molecule has 1 aliphatic rings. The third-order valence-electron chi connectivity index (χ3n) is 4.91. The molecule has 5 heteroatoms. The third-order valence-corrected chi connectivity index (χ3v) is 4.91. The number of aryl methyl sites for hydroxylation is 2. The minimum absolute atomic E-state index is 0.158. The second kappa shape index (κ2) is 7.00. The number of esters is 1. The highest BCUT2D eigenvalue weighted by molar-refractivity contribution is 6.16. The summed E-state index contributed by atoms with van der Waals surface area (Å²) in [6, 6.07) is 11.4. The standard InChI is InChI=1S/C23H21NO4/c1-4-21(25)27-16-10-14(3)22-19(12-16)28-20(23(22)26)11-15-13-24(5-2)18-9-7-6-8-17(15)18/h6-13H,4-5H2,1-3H3/b20-11-. The zero-order valence-electron chi connectivity index (χ0n) is 16.1. The summed E-state index contributed by atoms with van der Waals surface area (Å²) in [5.74, 6) is 0.603. The van der Waals surface area contributed by atoms with Crippen LogP contribution in [0.5, 0.6) is 11.5 Å². The van der Waals surface area contributed by atoms with E-state index in [0.29, 0.717) is 17.1 Å². The first kappa shape index (κ1) is 18.0. The Balaban J connectivity index is 1.74. The predicted molar refractivity (Wildman–Crippen MR) is 108 cm³/mol. The summed E-state index contributed by atoms with van der Waals surface area (Å²) in [5, 5.41) is 1.07. The van der Waals surface area contributed by atoms with Gasteiger partial charge in [0, 0.05) is 41.7 Å². The number of para-hydroxylation sites is 1. The highest BCUT2D eigenvalue weighted by atomic mass is 16.5. The summed E-state index contributed by atoms with van der Waals surface area (Å²) in [6.07, 6.45) is 4.09. The monoisotopic (exact) mass is 375 g/mol. The van der Waals surface area contributed by atoms with Crippen LogP contribution in [0.25, 0.3) is 17.0 Å². The smallest absolute Gasteiger partial charge is 0.310 e. The Morgan fingerprint density at radius 2 is 2.00 bits per heavy atom. The van der Waals surface area contributed by atoms with E-state index in [9.17, 15) is 9.59 Å². The van der Waals surface area contributed by atoms with Crippen molar-refractivity contribution in [3.05, 3.63) is 65.0 Å². The van der Waals surface area contributed by atoms with Crippen molar-refractivity contribution in [2.45, 2.75) is 33.7 Å². The molecular weight excluding hydrogens is 354 g/mol. The molecule has 5 nitrogen and oxygen atoms in total. The maximum absolute atomic E-state index is 12.9. The largest absolute Gasteiger partial charge is 0.452 e. The average Bonchev–Trinajstić information content (AvgIpc) is 3.20. The molecule has 4 rings (SSSR count). The number of benzene rings is 2. The minimum atomic E-state index is -0.327. The molecule has 0 bridgehead atoms. The van der Waals surface area contributed by atoms with Crippen molar-refractivity contribution in [1.29, 1.82) is 0 Å². The average molecular weight is 375 g/mol. The zero-order chi connectivity index (χ0) is 19.8. The fraction of sp³-hybridized carbons (Fsp3) is 0.217. The van der Waals surface area contributed by atoms with Crippen LogP contribution in [-0.4, -0.2) is 16.3 Å². The molecule has 2 aromatic carbocycles. The lowest BCUT2D eigenvalue weighted by Gasteiger charge is -2.06. The number of hydrogen-bond donors (Lipinski definition) is 0. The van der Waals surface area contributed by atoms with Crippen LogP contribution in [0.3, 0.4) is 0 Å². The molecule has 0 spiro atoms. The maximum Gasteiger partial charge on any atom is 0.310 e. The lowest BCUT2D eigenvalue weighted by Crippen LogP contribution is -2.06. The Morgan fingerprint density at radius 1 is 1.21 bits per heavy atom. The maximum atomic E-state index is 12.9. The predicted octanol–water partition coefficient (Wildman–Crippen LogP) is 4.90. The van der Waals surface area contributed by atoms with Crippen molar-refractivity contribution < 1.29 is 19.1 Å². The van der Waals surface area contributed by atoms with Gasteiger partial charge in [-0.1, -0.05) is 25.1 Å². The van der Waals surface area contributed by atoms with E-state index in [1.165, 1.54) is 0 Å². The van der Waals surface area contributed by atoms with Crippen LogP contribution >= 0.6 is 0 Å². The number of Topliss-reactive ketones (excluding diaryl/α,β-unsaturated/α-hetero) is 1. The molecule has 0 aliphatic carbocycles. The van der Waals surface area contributed by atoms with Crippen LogP contribution < -0.4 is 9.47 Å². The van der Waals surface area contributed by atoms with Crippen LogP contribution in [0.2, 0.25) is 0 Å². The van der Waals surface area contributed by atoms with Crippen LogP contribution in [0, 0.1) is 6.92 Å². The first-order valence-corrected chi connectivity index (χ1v) is 9.39. The summed E-state index contributed by atoms with van der Waals surface area (Å²) in [6.45, 7) is 6.47. The van der Waals surface area contributed by atoms with Gasteiger partial charge < -0.3 is 14.0 Å². The highest BCUT2D eigenvalue weighted by Gasteiger charge is 2.30. The van der Waals surface area contributed by atoms with E-state index in [2.05, 4.69) is 17.6 Å². The Labute approximate surface area is 163 Å². The molecule has 1 aliphatic heterocycles. The van der Waals surface area contributed by atoms with E-state index in [-0.39, 0.29) is 23.9 Å². The van der Waals surface area contributed by atoms with Crippen molar-refractivity contribution in [2.75, 3.05) is 0 Å². The number of carbonyl (C=O) groups excluding carboxylic acids is 2. The quantitative estimate of drug-likeness (QED) is 0.370. The van der Waals surface area contributed by atoms with Gasteiger partial charge in [-0.15, -0.1) is 0 Å². The van der Waals surface area contributed by atoms with Gasteiger partial charge in [-0.25, -0.2) is 0 Å². The van der Waals surface area contributed by atoms with Gasteiger partial charge in [0.1, 0.15) is 11.5 Å². The Morgan fingerprint density at radius 3 is 2.75 bits per heavy atom. The summed E-state index contributed by atoms with van der Waals surface area (Å²) in [7, 11) is 0. The number of rotatable bonds is 4. The zero-order valence-corrected chi connectivity index (χ0v) is 16.1. The molecule has 0 saturated carbocycles. The number of carbonyl (C=O) groups is 2. The van der Waals surface area contributed by atoms with Crippen LogP contribution in [0.15, 0.2) is 48.4 Å². The van der Waals surface area contributed by atoms with E-state index in [0.717, 1.165) is 28.6 Å². The fourth-order valence-electron chi connectivity index (χ4n) is 3.53. The lowest BCUT2D eigenvalue weighted by atomic mass is 10.0. The summed E-state index contributed by atoms with van der Waals surface area (Å²) < 4.78 is 13.3. The number of ether oxygens (including phenoxy) is 2. The molecule has 0 atom stereocenters. The van der Waals surface area contributed by atoms with E-state index < -0.39 is 0 Å². The van der Waals surface area contributed by atoms with E-state index >= 15 is 0 Å². The Kier molecular flexibility index (Phi) is 4.51. The van der Waals surface area contributed by atoms with Crippen molar-refractivity contribution >= 4 is 28.7 Å². The third kappa shape index (κ3) is 2.99. The number of hydrogen-bond acceptors (Lipinski definition) is 4. The molecule has 0 amide bonds. The van der Waals surface area contributed by atoms with E-state index in [4.69, 9.17) is 9.47 Å². The van der Waals surface area contributed by atoms with Gasteiger partial charge in [-0.3, -0.25) is 9.59 Å². The van der Waals surface area contributed by atoms with Gasteiger partial charge >= 0.3 is 5.97 Å². The summed E-state index contributed by atoms with van der Waals surface area (Å²) in [4.78, 5) is 24.5. The fourth-order valence-corrected chi connectivity index (χ4v) is 3.53. The topological polar surface area (TPSA) is 57.5 Å². The molecule has 0 unspecified atom stereocenters. The van der Waals surface area contributed by atoms with E-state index in [1.54, 1.807) is 25.1 Å². The molecule has 2 heterocycles. The highest BCUT2D eigenvalue weighted by Crippen LogP contribution is 2.38. The van der Waals surface area contributed by atoms with E-state index in [1.807, 2.05) is 31.3 Å². The second-order valence-electron chi connectivity index (χ2n) is 6.77. The molecule has 142 valence electrons. The van der Waals surface area contributed by atoms with Gasteiger partial charge in [-0.05, 0) is 37.6 Å². The Hall–Kier alpha value is -3.34. The molecule has 0 N–H and O–H groups in total. The first-order valence-electron chi connectivity index (χ1n) is 9.39. The van der Waals surface area contributed by atoms with Crippen LogP contribution in [-0.2, 0) is 11.3 Å². The molecule has 0 fully saturated rings.